The highest BCUT2D eigenvalue weighted by molar-refractivity contribution is 8.00. The Balaban J connectivity index is 1.65. The van der Waals surface area contributed by atoms with Crippen LogP contribution in [0.2, 0.25) is 0 Å². The molecule has 6 nitrogen and oxygen atoms in total. The van der Waals surface area contributed by atoms with Gasteiger partial charge in [0.05, 0.1) is 12.8 Å². The first-order valence-corrected chi connectivity index (χ1v) is 10.5. The predicted octanol–water partition coefficient (Wildman–Crippen LogP) is 4.71. The lowest BCUT2D eigenvalue weighted by Crippen LogP contribution is -2.20. The number of carbonyl (C=O) groups excluding carboxylic acids is 1. The zero-order chi connectivity index (χ0) is 20.4. The van der Waals surface area contributed by atoms with Crippen molar-refractivity contribution in [1.29, 1.82) is 0 Å². The Morgan fingerprint density at radius 2 is 1.93 bits per heavy atom. The Bertz CT molecular complexity index is 1010. The summed E-state index contributed by atoms with van der Waals surface area (Å²) < 4.78 is 7.57. The van der Waals surface area contributed by atoms with Crippen molar-refractivity contribution in [2.75, 3.05) is 12.4 Å². The van der Waals surface area contributed by atoms with Crippen LogP contribution in [0, 0.1) is 13.8 Å². The number of amides is 1. The number of hydrogen-bond donors (Lipinski definition) is 1. The van der Waals surface area contributed by atoms with Gasteiger partial charge in [0.15, 0.2) is 5.16 Å². The van der Waals surface area contributed by atoms with Crippen LogP contribution < -0.4 is 10.1 Å². The number of aromatic nitrogens is 3. The quantitative estimate of drug-likeness (QED) is 0.574. The van der Waals surface area contributed by atoms with Gasteiger partial charge >= 0.3 is 0 Å². The molecule has 150 valence electrons. The number of nitrogens with zero attached hydrogens (tertiary/aromatic N) is 3. The number of nitrogens with one attached hydrogen (secondary N) is 1. The number of hydrogen-bond acceptors (Lipinski definition) is 5. The highest BCUT2D eigenvalue weighted by Gasteiger charge is 2.31. The topological polar surface area (TPSA) is 69.0 Å². The monoisotopic (exact) mass is 408 g/mol. The van der Waals surface area contributed by atoms with Gasteiger partial charge in [-0.3, -0.25) is 4.79 Å². The fraction of sp³-hybridized carbons (Fsp3) is 0.318. The van der Waals surface area contributed by atoms with Crippen LogP contribution in [0.3, 0.4) is 0 Å². The van der Waals surface area contributed by atoms with E-state index in [9.17, 15) is 4.79 Å². The average Bonchev–Trinajstić information content (AvgIpc) is 3.49. The molecular formula is C22H24N4O2S. The molecule has 1 atom stereocenters. The fourth-order valence-electron chi connectivity index (χ4n) is 3.31. The molecule has 2 aromatic carbocycles. The smallest absolute Gasteiger partial charge is 0.242 e. The van der Waals surface area contributed by atoms with Gasteiger partial charge in [-0.25, -0.2) is 0 Å². The molecule has 29 heavy (non-hydrogen) atoms. The average molecular weight is 409 g/mol. The molecule has 0 aliphatic heterocycles. The van der Waals surface area contributed by atoms with Gasteiger partial charge < -0.3 is 14.6 Å². The number of aryl methyl sites for hydroxylation is 2. The van der Waals surface area contributed by atoms with E-state index in [1.807, 2.05) is 62.4 Å². The summed E-state index contributed by atoms with van der Waals surface area (Å²) in [6.07, 6.45) is 2.27. The van der Waals surface area contributed by atoms with E-state index in [1.165, 1.54) is 11.8 Å². The van der Waals surface area contributed by atoms with Crippen molar-refractivity contribution in [2.45, 2.75) is 43.1 Å². The number of benzene rings is 2. The summed E-state index contributed by atoms with van der Waals surface area (Å²) in [7, 11) is 1.60. The van der Waals surface area contributed by atoms with Crippen molar-refractivity contribution < 1.29 is 9.53 Å². The lowest BCUT2D eigenvalue weighted by Gasteiger charge is -2.18. The number of thioether (sulfide) groups is 1. The summed E-state index contributed by atoms with van der Waals surface area (Å²) in [6.45, 7) is 3.95. The highest BCUT2D eigenvalue weighted by Crippen LogP contribution is 2.42. The summed E-state index contributed by atoms with van der Waals surface area (Å²) in [5.41, 5.74) is 2.64. The third-order valence-electron chi connectivity index (χ3n) is 4.92. The third kappa shape index (κ3) is 4.29. The first kappa shape index (κ1) is 19.5. The van der Waals surface area contributed by atoms with Crippen molar-refractivity contribution in [2.24, 2.45) is 0 Å². The van der Waals surface area contributed by atoms with Crippen molar-refractivity contribution in [3.63, 3.8) is 0 Å². The molecule has 3 aromatic rings. The van der Waals surface area contributed by atoms with E-state index < -0.39 is 5.25 Å². The van der Waals surface area contributed by atoms with Gasteiger partial charge in [0.2, 0.25) is 5.91 Å². The molecule has 7 heteroatoms. The molecule has 1 aliphatic rings. The van der Waals surface area contributed by atoms with Gasteiger partial charge in [-0.1, -0.05) is 48.2 Å². The van der Waals surface area contributed by atoms with Crippen LogP contribution in [-0.2, 0) is 4.79 Å². The zero-order valence-corrected chi connectivity index (χ0v) is 17.6. The maximum Gasteiger partial charge on any atom is 0.242 e. The summed E-state index contributed by atoms with van der Waals surface area (Å²) in [6, 6.07) is 16.0. The van der Waals surface area contributed by atoms with E-state index in [1.54, 1.807) is 7.11 Å². The number of anilines is 1. The molecule has 1 N–H and O–H groups in total. The maximum absolute atomic E-state index is 13.4. The van der Waals surface area contributed by atoms with Crippen molar-refractivity contribution in [3.05, 3.63) is 65.5 Å². The molecule has 4 rings (SSSR count). The standard InChI is InChI=1S/C22H24N4O2S/c1-14-9-12-19(28-3)18(13-14)23-21(27)20(16-7-5-4-6-8-16)29-22-25-24-15(2)26(22)17-10-11-17/h4-9,12-13,17,20H,10-11H2,1-3H3,(H,23,27)/t20-/m0/s1. The molecule has 1 aromatic heterocycles. The molecule has 0 saturated heterocycles. The molecule has 1 heterocycles. The second-order valence-electron chi connectivity index (χ2n) is 7.23. The van der Waals surface area contributed by atoms with E-state index >= 15 is 0 Å². The lowest BCUT2D eigenvalue weighted by molar-refractivity contribution is -0.115. The van der Waals surface area contributed by atoms with Crippen molar-refractivity contribution >= 4 is 23.4 Å². The van der Waals surface area contributed by atoms with Gasteiger partial charge in [-0.05, 0) is 49.9 Å². The Morgan fingerprint density at radius 3 is 2.62 bits per heavy atom. The predicted molar refractivity (Wildman–Crippen MR) is 114 cm³/mol. The lowest BCUT2D eigenvalue weighted by atomic mass is 10.1. The minimum Gasteiger partial charge on any atom is -0.495 e. The summed E-state index contributed by atoms with van der Waals surface area (Å²) in [5, 5.41) is 12.0. The Labute approximate surface area is 174 Å². The third-order valence-corrected chi connectivity index (χ3v) is 6.13. The van der Waals surface area contributed by atoms with Crippen LogP contribution in [0.25, 0.3) is 0 Å². The SMILES string of the molecule is COc1ccc(C)cc1NC(=O)[C@@H](Sc1nnc(C)n1C1CC1)c1ccccc1. The molecule has 0 radical (unpaired) electrons. The van der Waals surface area contributed by atoms with E-state index in [-0.39, 0.29) is 5.91 Å². The minimum atomic E-state index is -0.456. The largest absolute Gasteiger partial charge is 0.495 e. The second kappa shape index (κ2) is 8.29. The Morgan fingerprint density at radius 1 is 1.17 bits per heavy atom. The van der Waals surface area contributed by atoms with Crippen LogP contribution in [0.15, 0.2) is 53.7 Å². The van der Waals surface area contributed by atoms with Crippen LogP contribution in [0.1, 0.15) is 41.1 Å². The van der Waals surface area contributed by atoms with Gasteiger partial charge in [-0.2, -0.15) is 0 Å². The van der Waals surface area contributed by atoms with Crippen LogP contribution in [0.4, 0.5) is 5.69 Å². The van der Waals surface area contributed by atoms with Gasteiger partial charge in [0.1, 0.15) is 16.8 Å². The zero-order valence-electron chi connectivity index (χ0n) is 16.8. The first-order chi connectivity index (χ1) is 14.1. The first-order valence-electron chi connectivity index (χ1n) is 9.65. The molecule has 0 unspecified atom stereocenters. The molecule has 1 saturated carbocycles. The highest BCUT2D eigenvalue weighted by atomic mass is 32.2. The summed E-state index contributed by atoms with van der Waals surface area (Å²) in [4.78, 5) is 13.4. The van der Waals surface area contributed by atoms with Crippen LogP contribution >= 0.6 is 11.8 Å². The Hall–Kier alpha value is -2.80. The number of methoxy groups -OCH3 is 1. The van der Waals surface area contributed by atoms with Crippen molar-refractivity contribution in [3.8, 4) is 5.75 Å². The number of rotatable bonds is 7. The summed E-state index contributed by atoms with van der Waals surface area (Å²) >= 11 is 1.44. The molecule has 0 spiro atoms. The van der Waals surface area contributed by atoms with Gasteiger partial charge in [0, 0.05) is 6.04 Å². The minimum absolute atomic E-state index is 0.118. The summed E-state index contributed by atoms with van der Waals surface area (Å²) in [5.74, 6) is 1.41. The van der Waals surface area contributed by atoms with Crippen LogP contribution in [0.5, 0.6) is 5.75 Å². The molecule has 1 aliphatic carbocycles. The van der Waals surface area contributed by atoms with Crippen LogP contribution in [-0.4, -0.2) is 27.8 Å². The molecular weight excluding hydrogens is 384 g/mol. The Kier molecular flexibility index (Phi) is 5.58. The number of carbonyl (C=O) groups is 1. The normalized spacial score (nSPS) is 14.4. The second-order valence-corrected chi connectivity index (χ2v) is 8.30. The van der Waals surface area contributed by atoms with Gasteiger partial charge in [0.25, 0.3) is 0 Å². The van der Waals surface area contributed by atoms with E-state index in [4.69, 9.17) is 4.74 Å². The molecule has 1 fully saturated rings. The molecule has 0 bridgehead atoms. The molecule has 1 amide bonds. The maximum atomic E-state index is 13.4. The van der Waals surface area contributed by atoms with Crippen molar-refractivity contribution in [1.82, 2.24) is 14.8 Å². The van der Waals surface area contributed by atoms with E-state index in [2.05, 4.69) is 20.1 Å². The van der Waals surface area contributed by atoms with E-state index in [0.717, 1.165) is 34.9 Å². The fourth-order valence-corrected chi connectivity index (χ4v) is 4.46. The van der Waals surface area contributed by atoms with E-state index in [0.29, 0.717) is 17.5 Å². The van der Waals surface area contributed by atoms with Gasteiger partial charge in [-0.15, -0.1) is 10.2 Å². The number of ether oxygens (including phenoxy) is 1.